The zero-order valence-electron chi connectivity index (χ0n) is 15.2. The molecule has 1 N–H and O–H groups in total. The van der Waals surface area contributed by atoms with Crippen molar-refractivity contribution in [3.63, 3.8) is 0 Å². The normalized spacial score (nSPS) is 15.3. The van der Waals surface area contributed by atoms with Crippen molar-refractivity contribution in [2.24, 2.45) is 5.92 Å². The summed E-state index contributed by atoms with van der Waals surface area (Å²) in [6.45, 7) is 5.75. The van der Waals surface area contributed by atoms with Crippen molar-refractivity contribution < 1.29 is 4.92 Å². The molecule has 0 unspecified atom stereocenters. The summed E-state index contributed by atoms with van der Waals surface area (Å²) in [7, 11) is 0. The van der Waals surface area contributed by atoms with E-state index in [0.29, 0.717) is 16.9 Å². The molecule has 0 saturated carbocycles. The first-order valence-corrected chi connectivity index (χ1v) is 9.71. The molecule has 1 aliphatic heterocycles. The average Bonchev–Trinajstić information content (AvgIpc) is 3.03. The highest BCUT2D eigenvalue weighted by Gasteiger charge is 2.29. The van der Waals surface area contributed by atoms with Gasteiger partial charge < -0.3 is 10.2 Å². The van der Waals surface area contributed by atoms with Crippen molar-refractivity contribution in [3.05, 3.63) is 40.2 Å². The van der Waals surface area contributed by atoms with Crippen LogP contribution in [0.4, 0.5) is 22.5 Å². The summed E-state index contributed by atoms with van der Waals surface area (Å²) in [5, 5.41) is 15.4. The molecule has 3 aromatic rings. The van der Waals surface area contributed by atoms with Gasteiger partial charge in [-0.3, -0.25) is 10.1 Å². The van der Waals surface area contributed by atoms with Crippen LogP contribution in [0.5, 0.6) is 0 Å². The highest BCUT2D eigenvalue weighted by molar-refractivity contribution is 7.22. The van der Waals surface area contributed by atoms with Gasteiger partial charge in [0.15, 0.2) is 5.13 Å². The van der Waals surface area contributed by atoms with Crippen LogP contribution in [0.25, 0.3) is 10.2 Å². The molecular weight excluding hydrogens is 364 g/mol. The largest absolute Gasteiger partial charge is 0.353 e. The number of hydrogen-bond acceptors (Lipinski definition) is 8. The number of hydrogen-bond donors (Lipinski definition) is 1. The van der Waals surface area contributed by atoms with E-state index in [1.54, 1.807) is 0 Å². The Bertz CT molecular complexity index is 997. The van der Waals surface area contributed by atoms with E-state index in [-0.39, 0.29) is 11.5 Å². The quantitative estimate of drug-likeness (QED) is 0.529. The second kappa shape index (κ2) is 7.07. The van der Waals surface area contributed by atoms with Crippen LogP contribution in [-0.2, 0) is 0 Å². The zero-order valence-corrected chi connectivity index (χ0v) is 16.0. The SMILES string of the molecule is Cc1ccc2nc(Nc3ncnc(N4CCC(C)CC4)c3[N+](=O)[O-])sc2c1. The number of benzene rings is 1. The average molecular weight is 384 g/mol. The molecule has 0 amide bonds. The van der Waals surface area contributed by atoms with E-state index in [4.69, 9.17) is 0 Å². The number of aryl methyl sites for hydroxylation is 1. The van der Waals surface area contributed by atoms with Crippen LogP contribution in [0.2, 0.25) is 0 Å². The van der Waals surface area contributed by atoms with Gasteiger partial charge in [-0.05, 0) is 43.4 Å². The van der Waals surface area contributed by atoms with E-state index in [9.17, 15) is 10.1 Å². The number of aromatic nitrogens is 3. The molecule has 27 heavy (non-hydrogen) atoms. The van der Waals surface area contributed by atoms with Crippen molar-refractivity contribution in [1.29, 1.82) is 0 Å². The molecule has 8 nitrogen and oxygen atoms in total. The Labute approximate surface area is 160 Å². The highest BCUT2D eigenvalue weighted by atomic mass is 32.1. The van der Waals surface area contributed by atoms with Crippen LogP contribution in [-0.4, -0.2) is 33.0 Å². The molecule has 9 heteroatoms. The Kier molecular flexibility index (Phi) is 4.61. The van der Waals surface area contributed by atoms with Gasteiger partial charge in [0.05, 0.1) is 15.1 Å². The lowest BCUT2D eigenvalue weighted by Gasteiger charge is -2.30. The summed E-state index contributed by atoms with van der Waals surface area (Å²) in [4.78, 5) is 26.2. The van der Waals surface area contributed by atoms with Gasteiger partial charge in [0.1, 0.15) is 6.33 Å². The first kappa shape index (κ1) is 17.6. The third kappa shape index (κ3) is 3.55. The fraction of sp³-hybridized carbons (Fsp3) is 0.389. The number of anilines is 3. The predicted molar refractivity (Wildman–Crippen MR) is 107 cm³/mol. The molecule has 1 aromatic carbocycles. The number of piperidine rings is 1. The van der Waals surface area contributed by atoms with Crippen molar-refractivity contribution in [3.8, 4) is 0 Å². The molecule has 0 bridgehead atoms. The van der Waals surface area contributed by atoms with Crippen molar-refractivity contribution in [2.75, 3.05) is 23.3 Å². The van der Waals surface area contributed by atoms with E-state index in [1.807, 2.05) is 30.0 Å². The molecule has 140 valence electrons. The van der Waals surface area contributed by atoms with Gasteiger partial charge in [-0.2, -0.15) is 0 Å². The third-order valence-electron chi connectivity index (χ3n) is 4.84. The molecule has 1 aliphatic rings. The number of nitro groups is 1. The van der Waals surface area contributed by atoms with Gasteiger partial charge in [-0.15, -0.1) is 0 Å². The summed E-state index contributed by atoms with van der Waals surface area (Å²) in [5.41, 5.74) is 1.91. The molecule has 1 saturated heterocycles. The van der Waals surface area contributed by atoms with E-state index >= 15 is 0 Å². The summed E-state index contributed by atoms with van der Waals surface area (Å²) in [6, 6.07) is 5.99. The first-order chi connectivity index (χ1) is 13.0. The molecule has 2 aromatic heterocycles. The second-order valence-corrected chi connectivity index (χ2v) is 7.97. The van der Waals surface area contributed by atoms with Crippen LogP contribution in [0.15, 0.2) is 24.5 Å². The summed E-state index contributed by atoms with van der Waals surface area (Å²) in [5.74, 6) is 1.19. The Morgan fingerprint density at radius 1 is 1.30 bits per heavy atom. The van der Waals surface area contributed by atoms with Gasteiger partial charge in [0, 0.05) is 13.1 Å². The first-order valence-electron chi connectivity index (χ1n) is 8.90. The third-order valence-corrected chi connectivity index (χ3v) is 5.77. The second-order valence-electron chi connectivity index (χ2n) is 6.94. The number of nitrogens with zero attached hydrogens (tertiary/aromatic N) is 5. The minimum Gasteiger partial charge on any atom is -0.351 e. The number of thiazole rings is 1. The Morgan fingerprint density at radius 2 is 2.07 bits per heavy atom. The van der Waals surface area contributed by atoms with E-state index in [1.165, 1.54) is 17.7 Å². The molecule has 0 spiro atoms. The van der Waals surface area contributed by atoms with Crippen LogP contribution in [0.1, 0.15) is 25.3 Å². The zero-order chi connectivity index (χ0) is 19.0. The minimum absolute atomic E-state index is 0.0949. The molecular formula is C18H20N6O2S. The maximum absolute atomic E-state index is 11.8. The maximum Gasteiger partial charge on any atom is 0.353 e. The molecule has 3 heterocycles. The van der Waals surface area contributed by atoms with E-state index < -0.39 is 4.92 Å². The molecule has 0 aliphatic carbocycles. The molecule has 0 radical (unpaired) electrons. The Hall–Kier alpha value is -2.81. The fourth-order valence-electron chi connectivity index (χ4n) is 3.27. The lowest BCUT2D eigenvalue weighted by molar-refractivity contribution is -0.383. The Morgan fingerprint density at radius 3 is 2.81 bits per heavy atom. The van der Waals surface area contributed by atoms with Crippen LogP contribution < -0.4 is 10.2 Å². The van der Waals surface area contributed by atoms with E-state index in [0.717, 1.165) is 41.7 Å². The number of fused-ring (bicyclic) bond motifs is 1. The van der Waals surface area contributed by atoms with Gasteiger partial charge in [-0.25, -0.2) is 15.0 Å². The lowest BCUT2D eigenvalue weighted by Crippen LogP contribution is -2.34. The standard InChI is InChI=1S/C18H20N6O2S/c1-11-5-7-23(8-6-11)17-15(24(25)26)16(19-10-20-17)22-18-21-13-4-3-12(2)9-14(13)27-18/h3-4,9-11H,5-8H2,1-2H3,(H,19,20,21,22). The molecule has 4 rings (SSSR count). The highest BCUT2D eigenvalue weighted by Crippen LogP contribution is 2.37. The number of nitrogens with one attached hydrogen (secondary N) is 1. The van der Waals surface area contributed by atoms with Crippen molar-refractivity contribution >= 4 is 44.0 Å². The smallest absolute Gasteiger partial charge is 0.351 e. The molecule has 1 fully saturated rings. The lowest BCUT2D eigenvalue weighted by atomic mass is 9.99. The minimum atomic E-state index is -0.410. The van der Waals surface area contributed by atoms with Gasteiger partial charge in [0.2, 0.25) is 11.6 Å². The van der Waals surface area contributed by atoms with Gasteiger partial charge in [0.25, 0.3) is 0 Å². The topological polar surface area (TPSA) is 97.1 Å². The van der Waals surface area contributed by atoms with Crippen molar-refractivity contribution in [1.82, 2.24) is 15.0 Å². The van der Waals surface area contributed by atoms with Crippen LogP contribution in [0.3, 0.4) is 0 Å². The van der Waals surface area contributed by atoms with Gasteiger partial charge in [-0.1, -0.05) is 24.3 Å². The monoisotopic (exact) mass is 384 g/mol. The van der Waals surface area contributed by atoms with E-state index in [2.05, 4.69) is 27.2 Å². The van der Waals surface area contributed by atoms with Crippen LogP contribution in [0, 0.1) is 23.0 Å². The summed E-state index contributed by atoms with van der Waals surface area (Å²) in [6.07, 6.45) is 3.38. The number of rotatable bonds is 4. The fourth-order valence-corrected chi connectivity index (χ4v) is 4.23. The maximum atomic E-state index is 11.8. The van der Waals surface area contributed by atoms with Gasteiger partial charge >= 0.3 is 5.69 Å². The summed E-state index contributed by atoms with van der Waals surface area (Å²) < 4.78 is 1.03. The van der Waals surface area contributed by atoms with Crippen molar-refractivity contribution in [2.45, 2.75) is 26.7 Å². The summed E-state index contributed by atoms with van der Waals surface area (Å²) >= 11 is 1.45. The Balaban J connectivity index is 1.69. The predicted octanol–water partition coefficient (Wildman–Crippen LogP) is 4.28. The van der Waals surface area contributed by atoms with Crippen LogP contribution >= 0.6 is 11.3 Å². The molecule has 0 atom stereocenters.